The summed E-state index contributed by atoms with van der Waals surface area (Å²) in [6.45, 7) is 0.884. The predicted octanol–water partition coefficient (Wildman–Crippen LogP) is 5.69. The summed E-state index contributed by atoms with van der Waals surface area (Å²) >= 11 is 0. The molecule has 0 fully saturated rings. The number of benzene rings is 3. The number of carbonyl (C=O) groups is 1. The van der Waals surface area contributed by atoms with Crippen LogP contribution in [-0.4, -0.2) is 29.3 Å². The molecule has 0 radical (unpaired) electrons. The van der Waals surface area contributed by atoms with Crippen LogP contribution in [0.1, 0.15) is 40.8 Å². The Labute approximate surface area is 191 Å². The molecular formula is C27H23N3O3. The highest BCUT2D eigenvalue weighted by Crippen LogP contribution is 2.44. The molecule has 3 aromatic carbocycles. The molecule has 0 bridgehead atoms. The van der Waals surface area contributed by atoms with E-state index in [2.05, 4.69) is 39.6 Å². The van der Waals surface area contributed by atoms with Crippen molar-refractivity contribution >= 4 is 11.8 Å². The summed E-state index contributed by atoms with van der Waals surface area (Å²) in [5, 5.41) is 2.85. The zero-order valence-electron chi connectivity index (χ0n) is 18.0. The van der Waals surface area contributed by atoms with Gasteiger partial charge < -0.3 is 14.5 Å². The summed E-state index contributed by atoms with van der Waals surface area (Å²) in [5.74, 6) is 1.88. The van der Waals surface area contributed by atoms with Crippen LogP contribution >= 0.6 is 0 Å². The summed E-state index contributed by atoms with van der Waals surface area (Å²) in [7, 11) is 0. The summed E-state index contributed by atoms with van der Waals surface area (Å²) in [6.07, 6.45) is 3.98. The van der Waals surface area contributed by atoms with Crippen LogP contribution in [0.4, 0.5) is 10.5 Å². The molecule has 2 N–H and O–H groups in total. The number of aromatic amines is 1. The van der Waals surface area contributed by atoms with E-state index in [-0.39, 0.29) is 18.4 Å². The van der Waals surface area contributed by atoms with Crippen molar-refractivity contribution in [3.05, 3.63) is 102 Å². The third-order valence-corrected chi connectivity index (χ3v) is 6.49. The summed E-state index contributed by atoms with van der Waals surface area (Å²) < 4.78 is 11.5. The summed E-state index contributed by atoms with van der Waals surface area (Å²) in [5.41, 5.74) is 6.51. The van der Waals surface area contributed by atoms with Gasteiger partial charge in [0, 0.05) is 41.5 Å². The van der Waals surface area contributed by atoms with E-state index >= 15 is 0 Å². The average molecular weight is 437 g/mol. The number of aromatic nitrogens is 2. The van der Waals surface area contributed by atoms with Crippen LogP contribution < -0.4 is 10.1 Å². The maximum Gasteiger partial charge on any atom is 0.411 e. The molecule has 6 nitrogen and oxygen atoms in total. The second-order valence-electron chi connectivity index (χ2n) is 8.37. The lowest BCUT2D eigenvalue weighted by Gasteiger charge is -2.25. The quantitative estimate of drug-likeness (QED) is 0.430. The SMILES string of the molecule is O=C(Nc1ccc2c(c1)OCCC2c1ncc[nH]1)OCC1c2ccccc2-c2ccccc21. The van der Waals surface area contributed by atoms with E-state index in [0.717, 1.165) is 23.6 Å². The molecule has 33 heavy (non-hydrogen) atoms. The normalized spacial score (nSPS) is 16.3. The largest absolute Gasteiger partial charge is 0.493 e. The van der Waals surface area contributed by atoms with Crippen LogP contribution in [0.25, 0.3) is 11.1 Å². The maximum atomic E-state index is 12.6. The van der Waals surface area contributed by atoms with Gasteiger partial charge in [-0.1, -0.05) is 54.6 Å². The fourth-order valence-corrected chi connectivity index (χ4v) is 4.97. The number of ether oxygens (including phenoxy) is 2. The minimum absolute atomic E-state index is 0.0315. The highest BCUT2D eigenvalue weighted by Gasteiger charge is 2.29. The lowest BCUT2D eigenvalue weighted by molar-refractivity contribution is 0.158. The van der Waals surface area contributed by atoms with Crippen molar-refractivity contribution in [3.8, 4) is 16.9 Å². The Bertz CT molecular complexity index is 1270. The third-order valence-electron chi connectivity index (χ3n) is 6.49. The van der Waals surface area contributed by atoms with E-state index < -0.39 is 6.09 Å². The van der Waals surface area contributed by atoms with Gasteiger partial charge in [-0.3, -0.25) is 5.32 Å². The van der Waals surface area contributed by atoms with E-state index in [0.29, 0.717) is 12.3 Å². The molecule has 2 aliphatic rings. The van der Waals surface area contributed by atoms with Crippen LogP contribution in [-0.2, 0) is 4.74 Å². The fraction of sp³-hybridized carbons (Fsp3) is 0.185. The van der Waals surface area contributed by atoms with Crippen molar-refractivity contribution < 1.29 is 14.3 Å². The van der Waals surface area contributed by atoms with Gasteiger partial charge in [0.05, 0.1) is 6.61 Å². The van der Waals surface area contributed by atoms with Gasteiger partial charge in [0.1, 0.15) is 18.2 Å². The van der Waals surface area contributed by atoms with Gasteiger partial charge in [-0.05, 0) is 34.7 Å². The fourth-order valence-electron chi connectivity index (χ4n) is 4.97. The number of hydrogen-bond donors (Lipinski definition) is 2. The number of H-pyrrole nitrogens is 1. The Morgan fingerprint density at radius 3 is 2.52 bits per heavy atom. The molecule has 4 aromatic rings. The topological polar surface area (TPSA) is 76.2 Å². The molecule has 1 aromatic heterocycles. The molecule has 1 aliphatic carbocycles. The molecule has 6 rings (SSSR count). The van der Waals surface area contributed by atoms with E-state index in [9.17, 15) is 4.79 Å². The number of rotatable bonds is 4. The van der Waals surface area contributed by atoms with Crippen molar-refractivity contribution in [3.63, 3.8) is 0 Å². The van der Waals surface area contributed by atoms with Crippen LogP contribution in [0.5, 0.6) is 5.75 Å². The van der Waals surface area contributed by atoms with Gasteiger partial charge in [0.25, 0.3) is 0 Å². The van der Waals surface area contributed by atoms with Gasteiger partial charge in [-0.2, -0.15) is 0 Å². The van der Waals surface area contributed by atoms with Gasteiger partial charge in [0.15, 0.2) is 0 Å². The van der Waals surface area contributed by atoms with E-state index in [4.69, 9.17) is 9.47 Å². The molecule has 0 saturated carbocycles. The number of nitrogens with zero attached hydrogens (tertiary/aromatic N) is 1. The zero-order chi connectivity index (χ0) is 22.2. The van der Waals surface area contributed by atoms with Crippen molar-refractivity contribution in [2.24, 2.45) is 0 Å². The summed E-state index contributed by atoms with van der Waals surface area (Å²) in [6, 6.07) is 22.3. The number of nitrogens with one attached hydrogen (secondary N) is 2. The number of carbonyl (C=O) groups excluding carboxylic acids is 1. The predicted molar refractivity (Wildman–Crippen MR) is 126 cm³/mol. The van der Waals surface area contributed by atoms with Crippen molar-refractivity contribution in [1.82, 2.24) is 9.97 Å². The Kier molecular flexibility index (Phi) is 4.83. The zero-order valence-corrected chi connectivity index (χ0v) is 18.0. The number of hydrogen-bond acceptors (Lipinski definition) is 4. The molecule has 1 atom stereocenters. The third kappa shape index (κ3) is 3.53. The van der Waals surface area contributed by atoms with Crippen LogP contribution in [0.15, 0.2) is 79.1 Å². The van der Waals surface area contributed by atoms with Crippen molar-refractivity contribution in [2.75, 3.05) is 18.5 Å². The lowest BCUT2D eigenvalue weighted by Crippen LogP contribution is -2.19. The van der Waals surface area contributed by atoms with Crippen LogP contribution in [0.3, 0.4) is 0 Å². The molecule has 1 aliphatic heterocycles. The molecule has 164 valence electrons. The van der Waals surface area contributed by atoms with Crippen LogP contribution in [0, 0.1) is 0 Å². The van der Waals surface area contributed by atoms with Crippen molar-refractivity contribution in [1.29, 1.82) is 0 Å². The first-order valence-electron chi connectivity index (χ1n) is 11.2. The minimum Gasteiger partial charge on any atom is -0.493 e. The van der Waals surface area contributed by atoms with Gasteiger partial charge in [-0.25, -0.2) is 9.78 Å². The summed E-state index contributed by atoms with van der Waals surface area (Å²) in [4.78, 5) is 20.2. The van der Waals surface area contributed by atoms with Crippen molar-refractivity contribution in [2.45, 2.75) is 18.3 Å². The molecule has 0 spiro atoms. The monoisotopic (exact) mass is 437 g/mol. The smallest absolute Gasteiger partial charge is 0.411 e. The number of anilines is 1. The van der Waals surface area contributed by atoms with Crippen LogP contribution in [0.2, 0.25) is 0 Å². The molecule has 0 saturated heterocycles. The molecule has 1 amide bonds. The first kappa shape index (κ1) is 19.6. The van der Waals surface area contributed by atoms with Gasteiger partial charge in [-0.15, -0.1) is 0 Å². The number of fused-ring (bicyclic) bond motifs is 4. The molecule has 2 heterocycles. The number of imidazole rings is 1. The van der Waals surface area contributed by atoms with E-state index in [1.165, 1.54) is 22.3 Å². The first-order chi connectivity index (χ1) is 16.3. The van der Waals surface area contributed by atoms with Gasteiger partial charge >= 0.3 is 6.09 Å². The number of amides is 1. The molecule has 1 unspecified atom stereocenters. The second kappa shape index (κ2) is 8.13. The highest BCUT2D eigenvalue weighted by molar-refractivity contribution is 5.85. The molecular weight excluding hydrogens is 414 g/mol. The minimum atomic E-state index is -0.477. The highest BCUT2D eigenvalue weighted by atomic mass is 16.5. The standard InChI is InChI=1S/C27H23N3O3/c31-27(33-16-24-20-7-3-1-5-18(20)19-6-2-4-8-21(19)24)30-17-9-10-22-23(26-28-12-13-29-26)11-14-32-25(22)15-17/h1-10,12-13,15,23-24H,11,14,16H2,(H,28,29)(H,30,31). The molecule has 6 heteroatoms. The lowest BCUT2D eigenvalue weighted by atomic mass is 9.92. The maximum absolute atomic E-state index is 12.6. The van der Waals surface area contributed by atoms with E-state index in [1.807, 2.05) is 48.7 Å². The second-order valence-corrected chi connectivity index (χ2v) is 8.37. The van der Waals surface area contributed by atoms with Gasteiger partial charge in [0.2, 0.25) is 0 Å². The Morgan fingerprint density at radius 1 is 1.03 bits per heavy atom. The first-order valence-corrected chi connectivity index (χ1v) is 11.2. The van der Waals surface area contributed by atoms with E-state index in [1.54, 1.807) is 6.20 Å². The average Bonchev–Trinajstić information content (AvgIpc) is 3.49. The Balaban J connectivity index is 1.16. The Morgan fingerprint density at radius 2 is 1.79 bits per heavy atom. The Hall–Kier alpha value is -4.06.